The molecule has 2 heterocycles. The van der Waals surface area contributed by atoms with Gasteiger partial charge in [-0.05, 0) is 60.1 Å². The first-order valence-electron chi connectivity index (χ1n) is 13.4. The largest absolute Gasteiger partial charge is 0.467 e. The summed E-state index contributed by atoms with van der Waals surface area (Å²) in [4.78, 5) is 29.0. The van der Waals surface area contributed by atoms with Gasteiger partial charge in [0.05, 0.1) is 12.7 Å². The third kappa shape index (κ3) is 5.46. The summed E-state index contributed by atoms with van der Waals surface area (Å²) in [5.41, 5.74) is -0.618. The molecule has 0 N–H and O–H groups in total. The molecule has 0 saturated carbocycles. The Labute approximate surface area is 247 Å². The summed E-state index contributed by atoms with van der Waals surface area (Å²) in [6, 6.07) is 16.1. The molecule has 1 aliphatic rings. The van der Waals surface area contributed by atoms with E-state index in [2.05, 4.69) is 0 Å². The molecular formula is C31H30F3N3O5S. The van der Waals surface area contributed by atoms with Crippen molar-refractivity contribution in [2.24, 2.45) is 0 Å². The molecular weight excluding hydrogens is 583 g/mol. The number of halogens is 3. The minimum absolute atomic E-state index is 0.0367. The van der Waals surface area contributed by atoms with Crippen LogP contribution in [0.5, 0.6) is 0 Å². The number of methoxy groups -OCH3 is 1. The molecule has 1 unspecified atom stereocenters. The molecule has 12 heteroatoms. The Morgan fingerprint density at radius 3 is 2.37 bits per heavy atom. The first kappa shape index (κ1) is 30.5. The van der Waals surface area contributed by atoms with E-state index in [1.54, 1.807) is 19.0 Å². The molecule has 0 aliphatic carbocycles. The number of alkyl halides is 3. The van der Waals surface area contributed by atoms with Crippen molar-refractivity contribution in [3.8, 4) is 11.1 Å². The predicted molar refractivity (Wildman–Crippen MR) is 156 cm³/mol. The third-order valence-electron chi connectivity index (χ3n) is 7.65. The number of hydrogen-bond acceptors (Lipinski definition) is 6. The van der Waals surface area contributed by atoms with Crippen molar-refractivity contribution in [1.82, 2.24) is 13.8 Å². The fourth-order valence-electron chi connectivity index (χ4n) is 5.65. The maximum atomic E-state index is 14.3. The van der Waals surface area contributed by atoms with Gasteiger partial charge in [0.1, 0.15) is 6.04 Å². The highest BCUT2D eigenvalue weighted by Crippen LogP contribution is 2.41. The van der Waals surface area contributed by atoms with Crippen LogP contribution in [0.15, 0.2) is 76.6 Å². The average molecular weight is 614 g/mol. The quantitative estimate of drug-likeness (QED) is 0.294. The van der Waals surface area contributed by atoms with Gasteiger partial charge in [0, 0.05) is 31.3 Å². The van der Waals surface area contributed by atoms with Crippen molar-refractivity contribution >= 4 is 26.8 Å². The number of aromatic nitrogens is 1. The number of nitrogens with zero attached hydrogens (tertiary/aromatic N) is 3. The summed E-state index contributed by atoms with van der Waals surface area (Å²) >= 11 is 0. The number of carbonyl (C=O) groups is 1. The second kappa shape index (κ2) is 11.3. The van der Waals surface area contributed by atoms with E-state index in [0.29, 0.717) is 0 Å². The smallest absolute Gasteiger partial charge is 0.416 e. The average Bonchev–Trinajstić information content (AvgIpc) is 2.96. The molecule has 0 spiro atoms. The monoisotopic (exact) mass is 613 g/mol. The first-order valence-corrected chi connectivity index (χ1v) is 14.8. The van der Waals surface area contributed by atoms with Gasteiger partial charge in [-0.2, -0.15) is 17.5 Å². The van der Waals surface area contributed by atoms with Crippen molar-refractivity contribution in [1.29, 1.82) is 0 Å². The maximum absolute atomic E-state index is 14.3. The molecule has 4 aromatic rings. The van der Waals surface area contributed by atoms with Crippen molar-refractivity contribution in [3.63, 3.8) is 0 Å². The Bertz CT molecular complexity index is 1900. The van der Waals surface area contributed by atoms with E-state index in [1.165, 1.54) is 19.2 Å². The van der Waals surface area contributed by atoms with E-state index < -0.39 is 44.4 Å². The highest BCUT2D eigenvalue weighted by atomic mass is 32.2. The normalized spacial score (nSPS) is 16.8. The van der Waals surface area contributed by atoms with Crippen LogP contribution in [0.25, 0.3) is 21.9 Å². The van der Waals surface area contributed by atoms with Crippen LogP contribution in [0.4, 0.5) is 13.2 Å². The Morgan fingerprint density at radius 1 is 1.02 bits per heavy atom. The van der Waals surface area contributed by atoms with Gasteiger partial charge in [-0.25, -0.2) is 13.2 Å². The number of pyridine rings is 1. The van der Waals surface area contributed by atoms with Crippen LogP contribution >= 0.6 is 0 Å². The van der Waals surface area contributed by atoms with Crippen LogP contribution in [0, 0.1) is 0 Å². The van der Waals surface area contributed by atoms with Gasteiger partial charge in [-0.15, -0.1) is 0 Å². The van der Waals surface area contributed by atoms with E-state index in [0.717, 1.165) is 44.5 Å². The number of rotatable bonds is 6. The number of benzene rings is 3. The van der Waals surface area contributed by atoms with Crippen LogP contribution in [-0.2, 0) is 38.7 Å². The summed E-state index contributed by atoms with van der Waals surface area (Å²) in [5.74, 6) is -0.849. The number of ether oxygens (including phenoxy) is 1. The van der Waals surface area contributed by atoms with Crippen LogP contribution < -0.4 is 5.56 Å². The van der Waals surface area contributed by atoms with Gasteiger partial charge < -0.3 is 9.64 Å². The van der Waals surface area contributed by atoms with Gasteiger partial charge in [0.2, 0.25) is 0 Å². The summed E-state index contributed by atoms with van der Waals surface area (Å²) in [7, 11) is 1.37. The van der Waals surface area contributed by atoms with Gasteiger partial charge >= 0.3 is 12.1 Å². The molecule has 3 aromatic carbocycles. The van der Waals surface area contributed by atoms with Crippen LogP contribution in [0.1, 0.15) is 28.3 Å². The molecule has 1 aliphatic heterocycles. The second-order valence-electron chi connectivity index (χ2n) is 10.8. The fraction of sp³-hybridized carbons (Fsp3) is 0.290. The molecule has 0 saturated heterocycles. The molecule has 1 atom stereocenters. The highest BCUT2D eigenvalue weighted by Gasteiger charge is 2.43. The van der Waals surface area contributed by atoms with Crippen LogP contribution in [0.3, 0.4) is 0 Å². The number of carbonyl (C=O) groups excluding carboxylic acids is 1. The van der Waals surface area contributed by atoms with Gasteiger partial charge in [0.15, 0.2) is 5.03 Å². The van der Waals surface area contributed by atoms with Gasteiger partial charge in [0.25, 0.3) is 15.6 Å². The molecule has 0 amide bonds. The zero-order valence-corrected chi connectivity index (χ0v) is 24.8. The van der Waals surface area contributed by atoms with Crippen LogP contribution in [-0.4, -0.2) is 63.0 Å². The second-order valence-corrected chi connectivity index (χ2v) is 12.7. The molecule has 0 fully saturated rings. The lowest BCUT2D eigenvalue weighted by Crippen LogP contribution is -2.49. The summed E-state index contributed by atoms with van der Waals surface area (Å²) in [5, 5.41) is 1.21. The van der Waals surface area contributed by atoms with Crippen molar-refractivity contribution < 1.29 is 31.1 Å². The molecule has 1 aromatic heterocycles. The number of esters is 1. The Balaban J connectivity index is 1.98. The zero-order valence-electron chi connectivity index (χ0n) is 24.0. The molecule has 8 nitrogen and oxygen atoms in total. The predicted octanol–water partition coefficient (Wildman–Crippen LogP) is 4.69. The number of hydrogen-bond donors (Lipinski definition) is 0. The third-order valence-corrected chi connectivity index (χ3v) is 9.50. The minimum atomic E-state index is -4.71. The Hall–Kier alpha value is -4.00. The number of fused-ring (bicyclic) bond motifs is 2. The summed E-state index contributed by atoms with van der Waals surface area (Å²) in [6.45, 7) is -0.344. The lowest BCUT2D eigenvalue weighted by atomic mass is 9.89. The SMILES string of the molecule is COC(=O)C1CN(C)S(=O)(=O)c2c(-c3cccc(C(F)(F)F)c3)c(Cc3cccc4ccccc34)c(CN(C)C)c(=O)n21. The van der Waals surface area contributed by atoms with E-state index in [-0.39, 0.29) is 41.8 Å². The van der Waals surface area contributed by atoms with Crippen molar-refractivity contribution in [2.75, 3.05) is 34.8 Å². The molecule has 5 rings (SSSR count). The van der Waals surface area contributed by atoms with Crippen molar-refractivity contribution in [2.45, 2.75) is 30.2 Å². The van der Waals surface area contributed by atoms with Crippen LogP contribution in [0.2, 0.25) is 0 Å². The molecule has 226 valence electrons. The lowest BCUT2D eigenvalue weighted by molar-refractivity contribution is -0.145. The summed E-state index contributed by atoms with van der Waals surface area (Å²) < 4.78 is 76.6. The first-order chi connectivity index (χ1) is 20.3. The molecule has 0 bridgehead atoms. The standard InChI is InChI=1S/C31H30F3N3O5S/c1-35(2)17-25-24(16-20-11-7-10-19-9-5-6-14-23(19)20)27(21-12-8-13-22(15-21)31(32,33)34)29-37(28(25)38)26(30(39)42-4)18-36(3)43(29,40)41/h5-15,26H,16-18H2,1-4H3. The van der Waals surface area contributed by atoms with E-state index in [1.807, 2.05) is 42.5 Å². The highest BCUT2D eigenvalue weighted by molar-refractivity contribution is 7.89. The maximum Gasteiger partial charge on any atom is 0.416 e. The topological polar surface area (TPSA) is 88.9 Å². The Morgan fingerprint density at radius 2 is 1.70 bits per heavy atom. The molecule has 43 heavy (non-hydrogen) atoms. The molecule has 0 radical (unpaired) electrons. The fourth-order valence-corrected chi connectivity index (χ4v) is 7.24. The lowest BCUT2D eigenvalue weighted by Gasteiger charge is -2.35. The van der Waals surface area contributed by atoms with E-state index in [9.17, 15) is 31.2 Å². The van der Waals surface area contributed by atoms with Gasteiger partial charge in [-0.3, -0.25) is 9.36 Å². The Kier molecular flexibility index (Phi) is 7.97. The number of likely N-dealkylation sites (N-methyl/N-ethyl adjacent to an activating group) is 1. The number of sulfonamides is 1. The van der Waals surface area contributed by atoms with Gasteiger partial charge in [-0.1, -0.05) is 54.6 Å². The van der Waals surface area contributed by atoms with E-state index in [4.69, 9.17) is 4.74 Å². The van der Waals surface area contributed by atoms with Crippen molar-refractivity contribution in [3.05, 3.63) is 99.3 Å². The van der Waals surface area contributed by atoms with E-state index >= 15 is 0 Å². The minimum Gasteiger partial charge on any atom is -0.467 e. The summed E-state index contributed by atoms with van der Waals surface area (Å²) in [6.07, 6.45) is -4.67. The zero-order chi connectivity index (χ0) is 31.3.